The van der Waals surface area contributed by atoms with E-state index in [9.17, 15) is 0 Å². The Bertz CT molecular complexity index is 1820. The summed E-state index contributed by atoms with van der Waals surface area (Å²) in [5, 5.41) is 0. The summed E-state index contributed by atoms with van der Waals surface area (Å²) >= 11 is 0. The van der Waals surface area contributed by atoms with Crippen molar-refractivity contribution in [2.45, 2.75) is 11.8 Å². The third-order valence-electron chi connectivity index (χ3n) is 8.41. The maximum atomic E-state index is 6.59. The van der Waals surface area contributed by atoms with Gasteiger partial charge in [-0.05, 0) is 63.1 Å². The summed E-state index contributed by atoms with van der Waals surface area (Å²) in [5.74, 6) is 1.86. The molecule has 8 rings (SSSR count). The van der Waals surface area contributed by atoms with Gasteiger partial charge in [0.05, 0.1) is 5.41 Å². The van der Waals surface area contributed by atoms with Gasteiger partial charge in [0.15, 0.2) is 0 Å². The Morgan fingerprint density at radius 1 is 0.436 bits per heavy atom. The van der Waals surface area contributed by atoms with E-state index in [1.807, 2.05) is 0 Å². The molecule has 6 aromatic rings. The first-order chi connectivity index (χ1) is 19.3. The Kier molecular flexibility index (Phi) is 4.87. The first-order valence-electron chi connectivity index (χ1n) is 13.6. The molecule has 1 spiro atoms. The zero-order valence-corrected chi connectivity index (χ0v) is 21.5. The van der Waals surface area contributed by atoms with Crippen LogP contribution >= 0.6 is 0 Å². The lowest BCUT2D eigenvalue weighted by Crippen LogP contribution is -2.32. The van der Waals surface area contributed by atoms with Gasteiger partial charge in [-0.3, -0.25) is 0 Å². The van der Waals surface area contributed by atoms with Crippen LogP contribution in [0.15, 0.2) is 146 Å². The number of hydrogen-bond acceptors (Lipinski definition) is 1. The fraction of sp³-hybridized carbons (Fsp3) is 0.0526. The third kappa shape index (κ3) is 3.20. The van der Waals surface area contributed by atoms with Crippen LogP contribution in [-0.2, 0) is 11.8 Å². The Balaban J connectivity index is 1.36. The largest absolute Gasteiger partial charge is 0.457 e. The van der Waals surface area contributed by atoms with E-state index in [0.717, 1.165) is 17.9 Å². The Morgan fingerprint density at radius 3 is 1.74 bits per heavy atom. The quantitative estimate of drug-likeness (QED) is 0.236. The highest BCUT2D eigenvalue weighted by Gasteiger charge is 2.50. The molecule has 0 atom stereocenters. The van der Waals surface area contributed by atoms with Gasteiger partial charge in [-0.1, -0.05) is 133 Å². The monoisotopic (exact) mass is 498 g/mol. The zero-order valence-electron chi connectivity index (χ0n) is 21.5. The van der Waals surface area contributed by atoms with E-state index in [1.165, 1.54) is 55.6 Å². The van der Waals surface area contributed by atoms with Gasteiger partial charge in [0.2, 0.25) is 0 Å². The van der Waals surface area contributed by atoms with Gasteiger partial charge < -0.3 is 4.74 Å². The molecule has 1 heterocycles. The van der Waals surface area contributed by atoms with Gasteiger partial charge in [0.25, 0.3) is 0 Å². The van der Waals surface area contributed by atoms with Gasteiger partial charge in [0, 0.05) is 11.1 Å². The lowest BCUT2D eigenvalue weighted by Gasteiger charge is -2.39. The maximum absolute atomic E-state index is 6.59. The van der Waals surface area contributed by atoms with Gasteiger partial charge in [0.1, 0.15) is 11.5 Å². The first kappa shape index (κ1) is 22.1. The molecule has 0 amide bonds. The van der Waals surface area contributed by atoms with E-state index in [1.54, 1.807) is 0 Å². The Morgan fingerprint density at radius 2 is 1.00 bits per heavy atom. The van der Waals surface area contributed by atoms with Crippen LogP contribution in [-0.4, -0.2) is 0 Å². The highest BCUT2D eigenvalue weighted by atomic mass is 16.5. The normalized spacial score (nSPS) is 13.6. The topological polar surface area (TPSA) is 9.23 Å². The second-order valence-electron chi connectivity index (χ2n) is 10.5. The summed E-state index contributed by atoms with van der Waals surface area (Å²) in [7, 11) is 0. The van der Waals surface area contributed by atoms with Crippen molar-refractivity contribution >= 4 is 0 Å². The average Bonchev–Trinajstić information content (AvgIpc) is 3.29. The smallest absolute Gasteiger partial charge is 0.132 e. The zero-order chi connectivity index (χ0) is 25.8. The summed E-state index contributed by atoms with van der Waals surface area (Å²) in [6, 6.07) is 52.6. The standard InChI is InChI=1S/C38H26O/c1-2-12-27(13-3-1)29-15-5-4-14-28(29)24-26-22-23-37-35(25-26)38(34-20-10-11-21-36(34)39-37)32-18-8-6-16-30(32)31-17-7-9-19-33(31)38/h1-23,25H,24H2. The molecule has 0 saturated heterocycles. The Labute approximate surface area is 229 Å². The highest BCUT2D eigenvalue weighted by Crippen LogP contribution is 2.62. The van der Waals surface area contributed by atoms with Crippen molar-refractivity contribution in [1.29, 1.82) is 0 Å². The van der Waals surface area contributed by atoms with E-state index < -0.39 is 5.41 Å². The molecule has 1 heteroatoms. The molecule has 0 unspecified atom stereocenters. The van der Waals surface area contributed by atoms with Crippen LogP contribution in [0, 0.1) is 0 Å². The van der Waals surface area contributed by atoms with E-state index in [-0.39, 0.29) is 0 Å². The van der Waals surface area contributed by atoms with E-state index in [2.05, 4.69) is 146 Å². The van der Waals surface area contributed by atoms with Crippen molar-refractivity contribution < 1.29 is 4.74 Å². The number of ether oxygens (including phenoxy) is 1. The van der Waals surface area contributed by atoms with Crippen LogP contribution in [0.1, 0.15) is 33.4 Å². The minimum absolute atomic E-state index is 0.424. The van der Waals surface area contributed by atoms with Gasteiger partial charge >= 0.3 is 0 Å². The van der Waals surface area contributed by atoms with Crippen LogP contribution in [0.25, 0.3) is 22.3 Å². The number of fused-ring (bicyclic) bond motifs is 9. The summed E-state index contributed by atoms with van der Waals surface area (Å²) in [5.41, 5.74) is 12.4. The molecule has 0 bridgehead atoms. The lowest BCUT2D eigenvalue weighted by atomic mass is 9.66. The molecule has 1 aliphatic carbocycles. The number of para-hydroxylation sites is 1. The molecular formula is C38H26O. The second-order valence-corrected chi connectivity index (χ2v) is 10.5. The predicted molar refractivity (Wildman–Crippen MR) is 159 cm³/mol. The molecule has 6 aromatic carbocycles. The van der Waals surface area contributed by atoms with E-state index in [4.69, 9.17) is 4.74 Å². The molecule has 1 aliphatic heterocycles. The molecule has 0 fully saturated rings. The van der Waals surface area contributed by atoms with Gasteiger partial charge in [-0.2, -0.15) is 0 Å². The highest BCUT2D eigenvalue weighted by molar-refractivity contribution is 5.88. The van der Waals surface area contributed by atoms with Crippen LogP contribution in [0.2, 0.25) is 0 Å². The predicted octanol–water partition coefficient (Wildman–Crippen LogP) is 9.41. The average molecular weight is 499 g/mol. The van der Waals surface area contributed by atoms with Gasteiger partial charge in [-0.25, -0.2) is 0 Å². The van der Waals surface area contributed by atoms with Crippen molar-refractivity contribution in [2.24, 2.45) is 0 Å². The summed E-state index contributed by atoms with van der Waals surface area (Å²) in [6.07, 6.45) is 0.847. The summed E-state index contributed by atoms with van der Waals surface area (Å²) < 4.78 is 6.59. The van der Waals surface area contributed by atoms with Crippen molar-refractivity contribution in [2.75, 3.05) is 0 Å². The molecule has 0 aromatic heterocycles. The minimum atomic E-state index is -0.424. The maximum Gasteiger partial charge on any atom is 0.132 e. The SMILES string of the molecule is c1ccc(-c2ccccc2Cc2ccc3c(c2)C2(c4ccccc4O3)c3ccccc3-c3ccccc32)cc1. The molecule has 0 N–H and O–H groups in total. The fourth-order valence-electron chi connectivity index (χ4n) is 6.81. The number of benzene rings is 6. The van der Waals surface area contributed by atoms with Crippen molar-refractivity contribution in [3.05, 3.63) is 179 Å². The van der Waals surface area contributed by atoms with Crippen LogP contribution in [0.4, 0.5) is 0 Å². The minimum Gasteiger partial charge on any atom is -0.457 e. The molecule has 39 heavy (non-hydrogen) atoms. The summed E-state index contributed by atoms with van der Waals surface area (Å²) in [4.78, 5) is 0. The van der Waals surface area contributed by atoms with Crippen molar-refractivity contribution in [3.63, 3.8) is 0 Å². The molecular weight excluding hydrogens is 472 g/mol. The molecule has 0 radical (unpaired) electrons. The van der Waals surface area contributed by atoms with Crippen LogP contribution in [0.3, 0.4) is 0 Å². The summed E-state index contributed by atoms with van der Waals surface area (Å²) in [6.45, 7) is 0. The third-order valence-corrected chi connectivity index (χ3v) is 8.41. The molecule has 0 saturated carbocycles. The number of hydrogen-bond donors (Lipinski definition) is 0. The van der Waals surface area contributed by atoms with Crippen LogP contribution in [0.5, 0.6) is 11.5 Å². The van der Waals surface area contributed by atoms with E-state index >= 15 is 0 Å². The van der Waals surface area contributed by atoms with Crippen molar-refractivity contribution in [3.8, 4) is 33.8 Å². The Hall–Kier alpha value is -4.88. The fourth-order valence-corrected chi connectivity index (χ4v) is 6.81. The lowest BCUT2D eigenvalue weighted by molar-refractivity contribution is 0.436. The second kappa shape index (κ2) is 8.58. The number of rotatable bonds is 3. The first-order valence-corrected chi connectivity index (χ1v) is 13.6. The molecule has 184 valence electrons. The van der Waals surface area contributed by atoms with Crippen LogP contribution < -0.4 is 4.74 Å². The van der Waals surface area contributed by atoms with Gasteiger partial charge in [-0.15, -0.1) is 0 Å². The molecule has 1 nitrogen and oxygen atoms in total. The van der Waals surface area contributed by atoms with E-state index in [0.29, 0.717) is 0 Å². The molecule has 2 aliphatic rings. The van der Waals surface area contributed by atoms with Crippen molar-refractivity contribution in [1.82, 2.24) is 0 Å².